The van der Waals surface area contributed by atoms with Crippen molar-refractivity contribution < 1.29 is 17.4 Å². The van der Waals surface area contributed by atoms with Gasteiger partial charge in [0.05, 0.1) is 0 Å². The second kappa shape index (κ2) is 2.65. The Labute approximate surface area is 75.3 Å². The third kappa shape index (κ3) is 1.26. The summed E-state index contributed by atoms with van der Waals surface area (Å²) in [6.45, 7) is -0.390. The van der Waals surface area contributed by atoms with Crippen LogP contribution < -0.4 is 0 Å². The van der Waals surface area contributed by atoms with Crippen LogP contribution in [0.4, 0.5) is 0 Å². The van der Waals surface area contributed by atoms with Crippen molar-refractivity contribution in [2.24, 2.45) is 0 Å². The van der Waals surface area contributed by atoms with Gasteiger partial charge in [0, 0.05) is 5.56 Å². The number of fused-ring (bicyclic) bond motifs is 1. The second-order valence-electron chi connectivity index (χ2n) is 2.64. The summed E-state index contributed by atoms with van der Waals surface area (Å²) in [6.07, 6.45) is 0. The van der Waals surface area contributed by atoms with E-state index < -0.39 is 10.1 Å². The van der Waals surface area contributed by atoms with Gasteiger partial charge in [0.25, 0.3) is 10.1 Å². The zero-order chi connectivity index (χ0) is 9.47. The van der Waals surface area contributed by atoms with Crippen LogP contribution in [0, 0.1) is 0 Å². The van der Waals surface area contributed by atoms with E-state index in [-0.39, 0.29) is 22.8 Å². The SMILES string of the molecule is O=C1COS(=O)(=O)c2ccccc21. The highest BCUT2D eigenvalue weighted by molar-refractivity contribution is 7.87. The minimum Gasteiger partial charge on any atom is -0.291 e. The molecule has 1 aliphatic heterocycles. The molecular weight excluding hydrogens is 192 g/mol. The Bertz CT molecular complexity index is 461. The van der Waals surface area contributed by atoms with E-state index in [4.69, 9.17) is 0 Å². The number of ketones is 1. The van der Waals surface area contributed by atoms with E-state index in [1.807, 2.05) is 0 Å². The minimum atomic E-state index is -3.70. The molecule has 0 fully saturated rings. The minimum absolute atomic E-state index is 0.0359. The van der Waals surface area contributed by atoms with Crippen molar-refractivity contribution in [1.82, 2.24) is 0 Å². The van der Waals surface area contributed by atoms with Gasteiger partial charge in [-0.15, -0.1) is 0 Å². The molecule has 0 N–H and O–H groups in total. The molecule has 1 aromatic rings. The van der Waals surface area contributed by atoms with Crippen LogP contribution in [0.2, 0.25) is 0 Å². The van der Waals surface area contributed by atoms with Crippen LogP contribution in [0.25, 0.3) is 0 Å². The standard InChI is InChI=1S/C8H6O4S/c9-7-5-12-13(10,11)8-4-2-1-3-6(7)8/h1-4H,5H2. The maximum Gasteiger partial charge on any atom is 0.298 e. The molecule has 1 heterocycles. The van der Waals surface area contributed by atoms with Crippen molar-refractivity contribution in [2.45, 2.75) is 4.90 Å². The van der Waals surface area contributed by atoms with Gasteiger partial charge >= 0.3 is 0 Å². The number of Topliss-reactive ketones (excluding diaryl/α,β-unsaturated/α-hetero) is 1. The molecule has 0 bridgehead atoms. The Hall–Kier alpha value is -1.20. The lowest BCUT2D eigenvalue weighted by Crippen LogP contribution is -2.23. The molecule has 0 aromatic heterocycles. The molecule has 0 saturated heterocycles. The van der Waals surface area contributed by atoms with Crippen molar-refractivity contribution in [3.05, 3.63) is 29.8 Å². The van der Waals surface area contributed by atoms with E-state index in [9.17, 15) is 13.2 Å². The average molecular weight is 198 g/mol. The summed E-state index contributed by atoms with van der Waals surface area (Å²) in [5.74, 6) is -0.301. The summed E-state index contributed by atoms with van der Waals surface area (Å²) in [6, 6.07) is 6.02. The van der Waals surface area contributed by atoms with E-state index in [1.165, 1.54) is 12.1 Å². The molecule has 0 aliphatic carbocycles. The van der Waals surface area contributed by atoms with Gasteiger partial charge in [-0.25, -0.2) is 0 Å². The van der Waals surface area contributed by atoms with Crippen LogP contribution >= 0.6 is 0 Å². The Morgan fingerprint density at radius 2 is 1.92 bits per heavy atom. The van der Waals surface area contributed by atoms with Crippen LogP contribution in [-0.4, -0.2) is 20.8 Å². The molecule has 13 heavy (non-hydrogen) atoms. The van der Waals surface area contributed by atoms with E-state index in [0.29, 0.717) is 0 Å². The molecule has 5 heteroatoms. The summed E-state index contributed by atoms with van der Waals surface area (Å²) < 4.78 is 26.9. The number of carbonyl (C=O) groups is 1. The number of benzene rings is 1. The first-order chi connectivity index (χ1) is 6.11. The summed E-state index contributed by atoms with van der Waals surface area (Å²) in [4.78, 5) is 11.1. The first-order valence-electron chi connectivity index (χ1n) is 3.63. The lowest BCUT2D eigenvalue weighted by atomic mass is 10.1. The third-order valence-corrected chi connectivity index (χ3v) is 3.12. The smallest absolute Gasteiger partial charge is 0.291 e. The van der Waals surface area contributed by atoms with Crippen LogP contribution in [-0.2, 0) is 14.3 Å². The lowest BCUT2D eigenvalue weighted by molar-refractivity contribution is 0.0909. The summed E-state index contributed by atoms with van der Waals surface area (Å²) >= 11 is 0. The lowest BCUT2D eigenvalue weighted by Gasteiger charge is -2.14. The molecular formula is C8H6O4S. The van der Waals surface area contributed by atoms with E-state index >= 15 is 0 Å². The van der Waals surface area contributed by atoms with Gasteiger partial charge < -0.3 is 0 Å². The van der Waals surface area contributed by atoms with Gasteiger partial charge in [-0.1, -0.05) is 12.1 Å². The van der Waals surface area contributed by atoms with Crippen LogP contribution in [0.1, 0.15) is 10.4 Å². The van der Waals surface area contributed by atoms with Crippen LogP contribution in [0.3, 0.4) is 0 Å². The van der Waals surface area contributed by atoms with Gasteiger partial charge in [0.1, 0.15) is 11.5 Å². The molecule has 1 aliphatic rings. The Kier molecular flexibility index (Phi) is 1.71. The van der Waals surface area contributed by atoms with Crippen molar-refractivity contribution in [3.8, 4) is 0 Å². The largest absolute Gasteiger partial charge is 0.298 e. The van der Waals surface area contributed by atoms with Crippen molar-refractivity contribution in [3.63, 3.8) is 0 Å². The third-order valence-electron chi connectivity index (χ3n) is 1.80. The molecule has 2 rings (SSSR count). The summed E-state index contributed by atoms with van der Waals surface area (Å²) in [5, 5.41) is 0. The molecule has 0 atom stereocenters. The highest BCUT2D eigenvalue weighted by Crippen LogP contribution is 2.22. The molecule has 68 valence electrons. The molecule has 0 unspecified atom stereocenters. The molecule has 0 spiro atoms. The fourth-order valence-electron chi connectivity index (χ4n) is 1.19. The maximum atomic E-state index is 11.2. The number of rotatable bonds is 0. The van der Waals surface area contributed by atoms with E-state index in [1.54, 1.807) is 12.1 Å². The molecule has 0 radical (unpaired) electrons. The second-order valence-corrected chi connectivity index (χ2v) is 4.22. The highest BCUT2D eigenvalue weighted by atomic mass is 32.2. The average Bonchev–Trinajstić information content (AvgIpc) is 2.13. The maximum absolute atomic E-state index is 11.2. The summed E-state index contributed by atoms with van der Waals surface area (Å²) in [7, 11) is -3.70. The van der Waals surface area contributed by atoms with Gasteiger partial charge in [-0.3, -0.25) is 8.98 Å². The Morgan fingerprint density at radius 1 is 1.23 bits per heavy atom. The van der Waals surface area contributed by atoms with Gasteiger partial charge in [0.15, 0.2) is 5.78 Å². The Balaban J connectivity index is 2.76. The zero-order valence-electron chi connectivity index (χ0n) is 6.56. The van der Waals surface area contributed by atoms with E-state index in [2.05, 4.69) is 4.18 Å². The molecule has 0 saturated carbocycles. The predicted octanol–water partition coefficient (Wildman–Crippen LogP) is 0.588. The van der Waals surface area contributed by atoms with Crippen molar-refractivity contribution in [2.75, 3.05) is 6.61 Å². The van der Waals surface area contributed by atoms with Gasteiger partial charge in [0.2, 0.25) is 0 Å². The number of hydrogen-bond acceptors (Lipinski definition) is 4. The fourth-order valence-corrected chi connectivity index (χ4v) is 2.27. The molecule has 1 aromatic carbocycles. The zero-order valence-corrected chi connectivity index (χ0v) is 7.37. The quantitative estimate of drug-likeness (QED) is 0.572. The number of carbonyl (C=O) groups excluding carboxylic acids is 1. The Morgan fingerprint density at radius 3 is 2.62 bits per heavy atom. The summed E-state index contributed by atoms with van der Waals surface area (Å²) in [5.41, 5.74) is 0.216. The van der Waals surface area contributed by atoms with Crippen molar-refractivity contribution >= 4 is 15.9 Å². The van der Waals surface area contributed by atoms with Crippen molar-refractivity contribution in [1.29, 1.82) is 0 Å². The topological polar surface area (TPSA) is 60.4 Å². The van der Waals surface area contributed by atoms with Gasteiger partial charge in [-0.05, 0) is 12.1 Å². The van der Waals surface area contributed by atoms with E-state index in [0.717, 1.165) is 0 Å². The van der Waals surface area contributed by atoms with Gasteiger partial charge in [-0.2, -0.15) is 8.42 Å². The molecule has 4 nitrogen and oxygen atoms in total. The first kappa shape index (κ1) is 8.40. The van der Waals surface area contributed by atoms with Crippen LogP contribution in [0.5, 0.6) is 0 Å². The molecule has 0 amide bonds. The first-order valence-corrected chi connectivity index (χ1v) is 5.04. The highest BCUT2D eigenvalue weighted by Gasteiger charge is 2.28. The fraction of sp³-hybridized carbons (Fsp3) is 0.125. The van der Waals surface area contributed by atoms with Crippen LogP contribution in [0.15, 0.2) is 29.2 Å². The number of hydrogen-bond donors (Lipinski definition) is 0. The normalized spacial score (nSPS) is 19.5. The predicted molar refractivity (Wildman–Crippen MR) is 43.9 cm³/mol. The monoisotopic (exact) mass is 198 g/mol.